The van der Waals surface area contributed by atoms with Gasteiger partial charge in [0.15, 0.2) is 0 Å². The van der Waals surface area contributed by atoms with E-state index >= 15 is 0 Å². The molecule has 1 spiro atoms. The standard InChI is InChI=1S/C24H38NO5P/c1-2-3-5-22-6-4-11-24(30-22)13-10-19-14-18(7-8-20(19)16-24)21-9-12-23(25,15-21)17-29-31(26,27)28/h7-8,14,21-22H,2-6,9-13,15-17,25H2,1H3,(H2,26,27,28)/t21-,22-,23+,24?/m0/s1. The molecule has 174 valence electrons. The highest BCUT2D eigenvalue weighted by Crippen LogP contribution is 2.45. The van der Waals surface area contributed by atoms with E-state index in [9.17, 15) is 4.57 Å². The lowest BCUT2D eigenvalue weighted by atomic mass is 9.75. The van der Waals surface area contributed by atoms with Crippen molar-refractivity contribution in [1.82, 2.24) is 0 Å². The number of phosphoric ester groups is 1. The van der Waals surface area contributed by atoms with Gasteiger partial charge >= 0.3 is 7.82 Å². The van der Waals surface area contributed by atoms with Gasteiger partial charge in [0.2, 0.25) is 0 Å². The maximum atomic E-state index is 11.0. The van der Waals surface area contributed by atoms with Crippen LogP contribution in [-0.2, 0) is 26.7 Å². The van der Waals surface area contributed by atoms with Crippen molar-refractivity contribution in [3.63, 3.8) is 0 Å². The van der Waals surface area contributed by atoms with Crippen LogP contribution >= 0.6 is 7.82 Å². The Balaban J connectivity index is 1.40. The Morgan fingerprint density at radius 3 is 2.84 bits per heavy atom. The SMILES string of the molecule is CCCC[C@H]1CCCC2(CCc3cc([C@H]4CC[C@](N)(COP(=O)(O)O)C4)ccc3C2)O1. The molecule has 3 aliphatic rings. The number of benzene rings is 1. The van der Waals surface area contributed by atoms with Crippen molar-refractivity contribution in [2.24, 2.45) is 5.73 Å². The second-order valence-corrected chi connectivity index (χ2v) is 11.5. The maximum absolute atomic E-state index is 11.0. The van der Waals surface area contributed by atoms with E-state index in [0.717, 1.165) is 25.7 Å². The molecule has 4 N–H and O–H groups in total. The average Bonchev–Trinajstić information content (AvgIpc) is 3.13. The number of phosphoric acid groups is 1. The largest absolute Gasteiger partial charge is 0.469 e. The van der Waals surface area contributed by atoms with Crippen LogP contribution in [0.25, 0.3) is 0 Å². The molecule has 7 heteroatoms. The van der Waals surface area contributed by atoms with Crippen molar-refractivity contribution in [1.29, 1.82) is 0 Å². The molecule has 1 saturated heterocycles. The first-order valence-corrected chi connectivity index (χ1v) is 13.5. The highest BCUT2D eigenvalue weighted by Gasteiger charge is 2.41. The second-order valence-electron chi connectivity index (χ2n) is 10.2. The second kappa shape index (κ2) is 9.24. The van der Waals surface area contributed by atoms with E-state index in [4.69, 9.17) is 24.8 Å². The van der Waals surface area contributed by atoms with Crippen LogP contribution in [0.5, 0.6) is 0 Å². The van der Waals surface area contributed by atoms with Gasteiger partial charge < -0.3 is 20.3 Å². The monoisotopic (exact) mass is 451 g/mol. The smallest absolute Gasteiger partial charge is 0.371 e. The molecule has 0 bridgehead atoms. The Kier molecular flexibility index (Phi) is 6.98. The summed E-state index contributed by atoms with van der Waals surface area (Å²) in [7, 11) is -4.49. The van der Waals surface area contributed by atoms with Crippen molar-refractivity contribution >= 4 is 7.82 Å². The highest BCUT2D eigenvalue weighted by atomic mass is 31.2. The third-order valence-electron chi connectivity index (χ3n) is 7.68. The van der Waals surface area contributed by atoms with Crippen molar-refractivity contribution in [3.8, 4) is 0 Å². The summed E-state index contributed by atoms with van der Waals surface area (Å²) in [6.45, 7) is 2.15. The zero-order chi connectivity index (χ0) is 22.1. The van der Waals surface area contributed by atoms with Crippen LogP contribution in [0.1, 0.15) is 93.7 Å². The topological polar surface area (TPSA) is 102 Å². The van der Waals surface area contributed by atoms with E-state index in [0.29, 0.717) is 24.9 Å². The summed E-state index contributed by atoms with van der Waals surface area (Å²) in [6, 6.07) is 6.86. The van der Waals surface area contributed by atoms with E-state index in [-0.39, 0.29) is 12.2 Å². The maximum Gasteiger partial charge on any atom is 0.469 e. The summed E-state index contributed by atoms with van der Waals surface area (Å²) >= 11 is 0. The minimum atomic E-state index is -4.49. The molecule has 0 radical (unpaired) electrons. The van der Waals surface area contributed by atoms with E-state index in [1.54, 1.807) is 0 Å². The summed E-state index contributed by atoms with van der Waals surface area (Å²) < 4.78 is 22.5. The van der Waals surface area contributed by atoms with Gasteiger partial charge in [0.1, 0.15) is 0 Å². The third-order valence-corrected chi connectivity index (χ3v) is 8.15. The molecule has 1 aromatic carbocycles. The zero-order valence-electron chi connectivity index (χ0n) is 18.7. The molecule has 4 rings (SSSR count). The Labute approximate surface area is 186 Å². The van der Waals surface area contributed by atoms with Crippen LogP contribution in [0.2, 0.25) is 0 Å². The van der Waals surface area contributed by atoms with Crippen molar-refractivity contribution in [3.05, 3.63) is 34.9 Å². The molecular weight excluding hydrogens is 413 g/mol. The van der Waals surface area contributed by atoms with Gasteiger partial charge in [-0.2, -0.15) is 0 Å². The first kappa shape index (κ1) is 23.4. The van der Waals surface area contributed by atoms with Crippen molar-refractivity contribution in [2.75, 3.05) is 6.61 Å². The van der Waals surface area contributed by atoms with Crippen LogP contribution in [-0.4, -0.2) is 33.6 Å². The Morgan fingerprint density at radius 2 is 2.06 bits per heavy atom. The number of hydrogen-bond donors (Lipinski definition) is 3. The summed E-state index contributed by atoms with van der Waals surface area (Å²) in [4.78, 5) is 18.0. The first-order valence-electron chi connectivity index (χ1n) is 12.0. The number of aryl methyl sites for hydroxylation is 1. The lowest BCUT2D eigenvalue weighted by molar-refractivity contribution is -0.137. The number of ether oxygens (including phenoxy) is 1. The van der Waals surface area contributed by atoms with E-state index in [1.165, 1.54) is 55.2 Å². The molecule has 6 nitrogen and oxygen atoms in total. The predicted octanol–water partition coefficient (Wildman–Crippen LogP) is 4.75. The Morgan fingerprint density at radius 1 is 1.23 bits per heavy atom. The van der Waals surface area contributed by atoms with Crippen LogP contribution in [0, 0.1) is 0 Å². The minimum absolute atomic E-state index is 0.0326. The van der Waals surface area contributed by atoms with Gasteiger partial charge in [-0.05, 0) is 80.4 Å². The number of fused-ring (bicyclic) bond motifs is 1. The minimum Gasteiger partial charge on any atom is -0.371 e. The van der Waals surface area contributed by atoms with E-state index in [2.05, 4.69) is 25.1 Å². The quantitative estimate of drug-likeness (QED) is 0.517. The molecular formula is C24H38NO5P. The molecule has 1 aliphatic heterocycles. The number of nitrogens with two attached hydrogens (primary N) is 1. The molecule has 0 amide bonds. The molecule has 1 heterocycles. The van der Waals surface area contributed by atoms with E-state index < -0.39 is 13.4 Å². The summed E-state index contributed by atoms with van der Waals surface area (Å²) in [6.07, 6.45) is 13.3. The Hall–Kier alpha value is -0.750. The molecule has 31 heavy (non-hydrogen) atoms. The summed E-state index contributed by atoms with van der Waals surface area (Å²) in [5.74, 6) is 0.316. The lowest BCUT2D eigenvalue weighted by Gasteiger charge is -2.44. The van der Waals surface area contributed by atoms with Gasteiger partial charge in [0, 0.05) is 12.0 Å². The van der Waals surface area contributed by atoms with Gasteiger partial charge in [-0.3, -0.25) is 4.52 Å². The molecule has 0 aromatic heterocycles. The van der Waals surface area contributed by atoms with Crippen molar-refractivity contribution in [2.45, 2.75) is 107 Å². The van der Waals surface area contributed by atoms with Crippen LogP contribution in [0.4, 0.5) is 0 Å². The average molecular weight is 452 g/mol. The molecule has 2 fully saturated rings. The summed E-state index contributed by atoms with van der Waals surface area (Å²) in [5, 5.41) is 0. The Bertz CT molecular complexity index is 826. The van der Waals surface area contributed by atoms with Crippen LogP contribution < -0.4 is 5.73 Å². The zero-order valence-corrected chi connectivity index (χ0v) is 19.6. The van der Waals surface area contributed by atoms with Gasteiger partial charge in [-0.15, -0.1) is 0 Å². The van der Waals surface area contributed by atoms with Crippen LogP contribution in [0.15, 0.2) is 18.2 Å². The number of rotatable bonds is 7. The number of hydrogen-bond acceptors (Lipinski definition) is 4. The molecule has 1 saturated carbocycles. The van der Waals surface area contributed by atoms with Crippen LogP contribution in [0.3, 0.4) is 0 Å². The first-order chi connectivity index (χ1) is 14.7. The predicted molar refractivity (Wildman–Crippen MR) is 121 cm³/mol. The summed E-state index contributed by atoms with van der Waals surface area (Å²) in [5.41, 5.74) is 9.90. The highest BCUT2D eigenvalue weighted by molar-refractivity contribution is 7.46. The lowest BCUT2D eigenvalue weighted by Crippen LogP contribution is -2.45. The van der Waals surface area contributed by atoms with Gasteiger partial charge in [0.05, 0.1) is 18.3 Å². The molecule has 1 unspecified atom stereocenters. The van der Waals surface area contributed by atoms with Gasteiger partial charge in [-0.1, -0.05) is 38.0 Å². The molecule has 4 atom stereocenters. The fourth-order valence-corrected chi connectivity index (χ4v) is 6.39. The number of unbranched alkanes of at least 4 members (excludes halogenated alkanes) is 1. The van der Waals surface area contributed by atoms with Gasteiger partial charge in [0.25, 0.3) is 0 Å². The van der Waals surface area contributed by atoms with E-state index in [1.807, 2.05) is 0 Å². The van der Waals surface area contributed by atoms with Gasteiger partial charge in [-0.25, -0.2) is 4.57 Å². The fourth-order valence-electron chi connectivity index (χ4n) is 5.96. The normalized spacial score (nSPS) is 33.5. The van der Waals surface area contributed by atoms with Crippen molar-refractivity contribution < 1.29 is 23.6 Å². The third kappa shape index (κ3) is 5.79. The fraction of sp³-hybridized carbons (Fsp3) is 0.750. The molecule has 2 aliphatic carbocycles. The molecule has 1 aromatic rings.